The van der Waals surface area contributed by atoms with Crippen LogP contribution in [-0.2, 0) is 6.42 Å². The van der Waals surface area contributed by atoms with Gasteiger partial charge >= 0.3 is 6.18 Å². The maximum Gasteiger partial charge on any atom is 0.389 e. The molecule has 1 heterocycles. The molecule has 7 heteroatoms. The van der Waals surface area contributed by atoms with Crippen LogP contribution in [0.2, 0.25) is 0 Å². The molecule has 0 saturated heterocycles. The first-order chi connectivity index (χ1) is 9.67. The van der Waals surface area contributed by atoms with Crippen molar-refractivity contribution in [3.8, 4) is 0 Å². The molecule has 1 amide bonds. The van der Waals surface area contributed by atoms with Crippen LogP contribution in [0, 0.1) is 6.92 Å². The lowest BCUT2D eigenvalue weighted by Crippen LogP contribution is -2.21. The predicted molar refractivity (Wildman–Crippen MR) is 73.2 cm³/mol. The summed E-state index contributed by atoms with van der Waals surface area (Å²) < 4.78 is 36.7. The number of nitrogens with zero attached hydrogens (tertiary/aromatic N) is 2. The number of aryl methyl sites for hydroxylation is 2. The van der Waals surface area contributed by atoms with Crippen molar-refractivity contribution in [3.63, 3.8) is 0 Å². The number of H-pyrrole nitrogens is 1. The number of benzene rings is 1. The van der Waals surface area contributed by atoms with Crippen LogP contribution in [0.4, 0.5) is 13.2 Å². The van der Waals surface area contributed by atoms with Gasteiger partial charge in [-0.05, 0) is 24.6 Å². The highest BCUT2D eigenvalue weighted by atomic mass is 19.4. The second-order valence-corrected chi connectivity index (χ2v) is 5.19. The number of aromatic nitrogens is 2. The number of alkyl halides is 3. The van der Waals surface area contributed by atoms with Gasteiger partial charge in [-0.1, -0.05) is 0 Å². The molecular formula is C14H16F3N3O. The Morgan fingerprint density at radius 1 is 1.33 bits per heavy atom. The smallest absolute Gasteiger partial charge is 0.345 e. The van der Waals surface area contributed by atoms with E-state index in [0.717, 1.165) is 5.56 Å². The summed E-state index contributed by atoms with van der Waals surface area (Å²) in [6.45, 7) is 1.78. The van der Waals surface area contributed by atoms with Gasteiger partial charge in [0.05, 0.1) is 17.5 Å². The molecule has 2 rings (SSSR count). The van der Waals surface area contributed by atoms with Crippen molar-refractivity contribution in [3.05, 3.63) is 29.1 Å². The Bertz CT molecular complexity index is 674. The Kier molecular flexibility index (Phi) is 3.93. The Balaban J connectivity index is 2.34. The molecule has 1 aromatic heterocycles. The Hall–Kier alpha value is -2.05. The zero-order valence-electron chi connectivity index (χ0n) is 12.0. The molecule has 114 valence electrons. The van der Waals surface area contributed by atoms with E-state index >= 15 is 0 Å². The zero-order chi connectivity index (χ0) is 15.8. The van der Waals surface area contributed by atoms with E-state index in [4.69, 9.17) is 0 Å². The maximum absolute atomic E-state index is 12.2. The second-order valence-electron chi connectivity index (χ2n) is 5.19. The van der Waals surface area contributed by atoms with Crippen molar-refractivity contribution in [1.29, 1.82) is 0 Å². The summed E-state index contributed by atoms with van der Waals surface area (Å²) in [5.74, 6) is 0.117. The molecule has 2 aromatic rings. The van der Waals surface area contributed by atoms with Crippen LogP contribution in [0.3, 0.4) is 0 Å². The average molecular weight is 299 g/mol. The van der Waals surface area contributed by atoms with Crippen molar-refractivity contribution in [2.24, 2.45) is 0 Å². The van der Waals surface area contributed by atoms with Crippen molar-refractivity contribution in [1.82, 2.24) is 14.9 Å². The lowest BCUT2D eigenvalue weighted by Gasteiger charge is -2.10. The van der Waals surface area contributed by atoms with E-state index in [1.807, 2.05) is 0 Å². The maximum atomic E-state index is 12.2. The quantitative estimate of drug-likeness (QED) is 0.947. The SMILES string of the molecule is Cc1cc(C(=O)N(C)C)cc2[nH]c(CCC(F)(F)F)nc12. The number of carbonyl (C=O) groups excluding carboxylic acids is 1. The van der Waals surface area contributed by atoms with E-state index in [2.05, 4.69) is 9.97 Å². The fourth-order valence-corrected chi connectivity index (χ4v) is 2.10. The van der Waals surface area contributed by atoms with Gasteiger partial charge in [-0.3, -0.25) is 4.79 Å². The van der Waals surface area contributed by atoms with E-state index in [0.29, 0.717) is 16.6 Å². The number of hydrogen-bond acceptors (Lipinski definition) is 2. The van der Waals surface area contributed by atoms with Gasteiger partial charge in [-0.25, -0.2) is 4.98 Å². The number of aromatic amines is 1. The number of amides is 1. The van der Waals surface area contributed by atoms with Gasteiger partial charge in [0.1, 0.15) is 5.82 Å². The summed E-state index contributed by atoms with van der Waals surface area (Å²) in [5.41, 5.74) is 2.42. The van der Waals surface area contributed by atoms with Crippen LogP contribution in [0.25, 0.3) is 11.0 Å². The Morgan fingerprint density at radius 3 is 2.57 bits per heavy atom. The van der Waals surface area contributed by atoms with Crippen molar-refractivity contribution >= 4 is 16.9 Å². The van der Waals surface area contributed by atoms with Gasteiger partial charge in [-0.15, -0.1) is 0 Å². The number of hydrogen-bond donors (Lipinski definition) is 1. The van der Waals surface area contributed by atoms with Gasteiger partial charge in [0.15, 0.2) is 0 Å². The molecule has 21 heavy (non-hydrogen) atoms. The molecule has 0 aliphatic heterocycles. The molecule has 0 spiro atoms. The minimum absolute atomic E-state index is 0.161. The van der Waals surface area contributed by atoms with Gasteiger partial charge in [0, 0.05) is 26.1 Å². The van der Waals surface area contributed by atoms with E-state index in [1.165, 1.54) is 4.90 Å². The lowest BCUT2D eigenvalue weighted by molar-refractivity contribution is -0.134. The first-order valence-corrected chi connectivity index (χ1v) is 6.45. The third-order valence-corrected chi connectivity index (χ3v) is 3.12. The minimum atomic E-state index is -4.21. The lowest BCUT2D eigenvalue weighted by atomic mass is 10.1. The largest absolute Gasteiger partial charge is 0.389 e. The van der Waals surface area contributed by atoms with Gasteiger partial charge in [0.2, 0.25) is 0 Å². The summed E-state index contributed by atoms with van der Waals surface area (Å²) in [6, 6.07) is 3.31. The third kappa shape index (κ3) is 3.53. The molecule has 4 nitrogen and oxygen atoms in total. The van der Waals surface area contributed by atoms with Crippen molar-refractivity contribution in [2.45, 2.75) is 25.9 Å². The Labute approximate surface area is 120 Å². The summed E-state index contributed by atoms with van der Waals surface area (Å²) in [6.07, 6.45) is -5.33. The number of carbonyl (C=O) groups is 1. The van der Waals surface area contributed by atoms with Crippen LogP contribution in [0.1, 0.15) is 28.2 Å². The van der Waals surface area contributed by atoms with E-state index < -0.39 is 12.6 Å². The molecule has 0 radical (unpaired) electrons. The molecule has 1 aromatic carbocycles. The fourth-order valence-electron chi connectivity index (χ4n) is 2.10. The molecule has 0 aliphatic carbocycles. The van der Waals surface area contributed by atoms with Crippen LogP contribution >= 0.6 is 0 Å². The molecule has 0 unspecified atom stereocenters. The highest BCUT2D eigenvalue weighted by Gasteiger charge is 2.27. The number of nitrogens with one attached hydrogen (secondary N) is 1. The molecule has 1 N–H and O–H groups in total. The average Bonchev–Trinajstić information content (AvgIpc) is 2.78. The minimum Gasteiger partial charge on any atom is -0.345 e. The number of halogens is 3. The normalized spacial score (nSPS) is 11.9. The van der Waals surface area contributed by atoms with Gasteiger partial charge < -0.3 is 9.88 Å². The molecular weight excluding hydrogens is 283 g/mol. The molecule has 0 bridgehead atoms. The van der Waals surface area contributed by atoms with Crippen molar-refractivity contribution in [2.75, 3.05) is 14.1 Å². The highest BCUT2D eigenvalue weighted by molar-refractivity contribution is 5.98. The molecule has 0 saturated carbocycles. The van der Waals surface area contributed by atoms with Gasteiger partial charge in [0.25, 0.3) is 5.91 Å². The number of fused-ring (bicyclic) bond motifs is 1. The molecule has 0 aliphatic rings. The Morgan fingerprint density at radius 2 is 2.00 bits per heavy atom. The second kappa shape index (κ2) is 5.38. The topological polar surface area (TPSA) is 49.0 Å². The van der Waals surface area contributed by atoms with E-state index in [9.17, 15) is 18.0 Å². The molecule has 0 fully saturated rings. The zero-order valence-corrected chi connectivity index (χ0v) is 12.0. The van der Waals surface area contributed by atoms with Crippen LogP contribution in [-0.4, -0.2) is 41.0 Å². The fraction of sp³-hybridized carbons (Fsp3) is 0.429. The first kappa shape index (κ1) is 15.3. The van der Waals surface area contributed by atoms with Crippen LogP contribution in [0.5, 0.6) is 0 Å². The van der Waals surface area contributed by atoms with Crippen molar-refractivity contribution < 1.29 is 18.0 Å². The highest BCUT2D eigenvalue weighted by Crippen LogP contribution is 2.24. The standard InChI is InChI=1S/C14H16F3N3O/c1-8-6-9(13(21)20(2)3)7-10-12(8)19-11(18-10)4-5-14(15,16)17/h6-7H,4-5H2,1-3H3,(H,18,19). The number of imidazole rings is 1. The summed E-state index contributed by atoms with van der Waals surface area (Å²) in [7, 11) is 3.28. The first-order valence-electron chi connectivity index (χ1n) is 6.45. The van der Waals surface area contributed by atoms with E-state index in [1.54, 1.807) is 33.2 Å². The summed E-state index contributed by atoms with van der Waals surface area (Å²) in [4.78, 5) is 20.4. The molecule has 0 atom stereocenters. The number of rotatable bonds is 3. The summed E-state index contributed by atoms with van der Waals surface area (Å²) in [5, 5.41) is 0. The summed E-state index contributed by atoms with van der Waals surface area (Å²) >= 11 is 0. The third-order valence-electron chi connectivity index (χ3n) is 3.12. The predicted octanol–water partition coefficient (Wildman–Crippen LogP) is 3.07. The monoisotopic (exact) mass is 299 g/mol. The van der Waals surface area contributed by atoms with Crippen LogP contribution < -0.4 is 0 Å². The van der Waals surface area contributed by atoms with Gasteiger partial charge in [-0.2, -0.15) is 13.2 Å². The van der Waals surface area contributed by atoms with Crippen LogP contribution in [0.15, 0.2) is 12.1 Å². The van der Waals surface area contributed by atoms with E-state index in [-0.39, 0.29) is 18.2 Å².